The van der Waals surface area contributed by atoms with Gasteiger partial charge in [0.25, 0.3) is 0 Å². The predicted octanol–water partition coefficient (Wildman–Crippen LogP) is 3.32. The predicted molar refractivity (Wildman–Crippen MR) is 94.9 cm³/mol. The van der Waals surface area contributed by atoms with Gasteiger partial charge in [-0.1, -0.05) is 30.3 Å². The Hall–Kier alpha value is -2.34. The van der Waals surface area contributed by atoms with Crippen LogP contribution in [0, 0.1) is 0 Å². The molecule has 0 amide bonds. The lowest BCUT2D eigenvalue weighted by molar-refractivity contribution is 0.0697. The smallest absolute Gasteiger partial charge is 0.335 e. The molecule has 0 aromatic heterocycles. The lowest BCUT2D eigenvalue weighted by atomic mass is 10.0. The van der Waals surface area contributed by atoms with Crippen molar-refractivity contribution in [1.82, 2.24) is 0 Å². The average molecular weight is 347 g/mol. The third-order valence-corrected chi connectivity index (χ3v) is 5.52. The van der Waals surface area contributed by atoms with E-state index in [1.165, 1.54) is 0 Å². The topological polar surface area (TPSA) is 83.5 Å². The molecule has 2 aromatic carbocycles. The lowest BCUT2D eigenvalue weighted by Gasteiger charge is -2.14. The SMILES string of the molecule is CC(C)S(=O)(=O)Nc1ccccc1CCc1ccc(C(=O)O)cc1. The van der Waals surface area contributed by atoms with Gasteiger partial charge in [0, 0.05) is 0 Å². The zero-order chi connectivity index (χ0) is 17.7. The van der Waals surface area contributed by atoms with Crippen LogP contribution in [0.1, 0.15) is 35.3 Å². The Morgan fingerprint density at radius 1 is 1.04 bits per heavy atom. The third-order valence-electron chi connectivity index (χ3n) is 3.77. The van der Waals surface area contributed by atoms with Crippen molar-refractivity contribution in [2.75, 3.05) is 4.72 Å². The fourth-order valence-electron chi connectivity index (χ4n) is 2.20. The van der Waals surface area contributed by atoms with Gasteiger partial charge >= 0.3 is 5.97 Å². The van der Waals surface area contributed by atoms with Crippen molar-refractivity contribution in [3.63, 3.8) is 0 Å². The number of hydrogen-bond acceptors (Lipinski definition) is 3. The van der Waals surface area contributed by atoms with Gasteiger partial charge in [0.2, 0.25) is 10.0 Å². The molecule has 2 aromatic rings. The van der Waals surface area contributed by atoms with Gasteiger partial charge in [-0.2, -0.15) is 0 Å². The number of nitrogens with one attached hydrogen (secondary N) is 1. The van der Waals surface area contributed by atoms with E-state index in [-0.39, 0.29) is 5.56 Å². The highest BCUT2D eigenvalue weighted by Crippen LogP contribution is 2.20. The minimum atomic E-state index is -3.39. The van der Waals surface area contributed by atoms with Crippen LogP contribution >= 0.6 is 0 Å². The number of carbonyl (C=O) groups is 1. The van der Waals surface area contributed by atoms with Crippen LogP contribution in [0.25, 0.3) is 0 Å². The van der Waals surface area contributed by atoms with Gasteiger partial charge in [0.1, 0.15) is 0 Å². The van der Waals surface area contributed by atoms with E-state index in [9.17, 15) is 13.2 Å². The molecule has 0 aliphatic rings. The molecule has 0 heterocycles. The van der Waals surface area contributed by atoms with Gasteiger partial charge in [-0.25, -0.2) is 13.2 Å². The summed E-state index contributed by atoms with van der Waals surface area (Å²) in [6, 6.07) is 14.0. The number of aryl methyl sites for hydroxylation is 2. The number of aromatic carboxylic acids is 1. The van der Waals surface area contributed by atoms with Crippen molar-refractivity contribution in [3.05, 3.63) is 65.2 Å². The molecule has 0 saturated carbocycles. The van der Waals surface area contributed by atoms with E-state index < -0.39 is 21.2 Å². The molecule has 0 aliphatic carbocycles. The molecule has 0 bridgehead atoms. The maximum atomic E-state index is 12.1. The Labute approximate surface area is 142 Å². The summed E-state index contributed by atoms with van der Waals surface area (Å²) in [4.78, 5) is 10.9. The number of carboxylic acids is 1. The van der Waals surface area contributed by atoms with Gasteiger partial charge in [-0.05, 0) is 56.0 Å². The zero-order valence-corrected chi connectivity index (χ0v) is 14.5. The van der Waals surface area contributed by atoms with Crippen LogP contribution in [-0.4, -0.2) is 24.7 Å². The number of sulfonamides is 1. The van der Waals surface area contributed by atoms with Crippen molar-refractivity contribution >= 4 is 21.7 Å². The second-order valence-corrected chi connectivity index (χ2v) is 8.09. The van der Waals surface area contributed by atoms with E-state index >= 15 is 0 Å². The highest BCUT2D eigenvalue weighted by atomic mass is 32.2. The molecule has 0 unspecified atom stereocenters. The van der Waals surface area contributed by atoms with Gasteiger partial charge < -0.3 is 5.11 Å². The summed E-state index contributed by atoms with van der Waals surface area (Å²) >= 11 is 0. The summed E-state index contributed by atoms with van der Waals surface area (Å²) in [5, 5.41) is 8.40. The first-order valence-corrected chi connectivity index (χ1v) is 9.26. The molecular formula is C18H21NO4S. The van der Waals surface area contributed by atoms with Crippen molar-refractivity contribution in [2.45, 2.75) is 31.9 Å². The first-order valence-electron chi connectivity index (χ1n) is 7.71. The van der Waals surface area contributed by atoms with E-state index in [2.05, 4.69) is 4.72 Å². The molecule has 0 saturated heterocycles. The van der Waals surface area contributed by atoms with Gasteiger partial charge in [0.05, 0.1) is 16.5 Å². The van der Waals surface area contributed by atoms with Crippen LogP contribution in [0.3, 0.4) is 0 Å². The fraction of sp³-hybridized carbons (Fsp3) is 0.278. The van der Waals surface area contributed by atoms with Crippen LogP contribution < -0.4 is 4.72 Å². The van der Waals surface area contributed by atoms with Crippen LogP contribution in [0.5, 0.6) is 0 Å². The summed E-state index contributed by atoms with van der Waals surface area (Å²) in [7, 11) is -3.39. The number of para-hydroxylation sites is 1. The second-order valence-electron chi connectivity index (χ2n) is 5.86. The standard InChI is InChI=1S/C18H21NO4S/c1-13(2)24(22,23)19-17-6-4-3-5-15(17)10-7-14-8-11-16(12-9-14)18(20)21/h3-6,8-9,11-13,19H,7,10H2,1-2H3,(H,20,21). The normalized spacial score (nSPS) is 11.5. The number of carboxylic acid groups (broad SMARTS) is 1. The molecule has 0 atom stereocenters. The molecule has 24 heavy (non-hydrogen) atoms. The summed E-state index contributed by atoms with van der Waals surface area (Å²) in [5.74, 6) is -0.949. The Balaban J connectivity index is 2.12. The summed E-state index contributed by atoms with van der Waals surface area (Å²) in [6.07, 6.45) is 1.35. The van der Waals surface area contributed by atoms with Crippen molar-refractivity contribution in [2.24, 2.45) is 0 Å². The first-order chi connectivity index (χ1) is 11.3. The average Bonchev–Trinajstić information content (AvgIpc) is 2.54. The minimum absolute atomic E-state index is 0.254. The molecule has 6 heteroatoms. The first kappa shape index (κ1) is 18.0. The largest absolute Gasteiger partial charge is 0.478 e. The maximum absolute atomic E-state index is 12.1. The molecule has 128 valence electrons. The van der Waals surface area contributed by atoms with Gasteiger partial charge in [-0.3, -0.25) is 4.72 Å². The number of hydrogen-bond donors (Lipinski definition) is 2. The van der Waals surface area contributed by atoms with Crippen LogP contribution in [0.4, 0.5) is 5.69 Å². The van der Waals surface area contributed by atoms with E-state index in [4.69, 9.17) is 5.11 Å². The van der Waals surface area contributed by atoms with E-state index in [1.54, 1.807) is 50.2 Å². The summed E-state index contributed by atoms with van der Waals surface area (Å²) in [5.41, 5.74) is 2.75. The minimum Gasteiger partial charge on any atom is -0.478 e. The number of anilines is 1. The van der Waals surface area contributed by atoms with E-state index in [0.29, 0.717) is 18.5 Å². The van der Waals surface area contributed by atoms with Crippen LogP contribution in [-0.2, 0) is 22.9 Å². The summed E-state index contributed by atoms with van der Waals surface area (Å²) < 4.78 is 26.8. The molecule has 2 N–H and O–H groups in total. The van der Waals surface area contributed by atoms with Crippen molar-refractivity contribution < 1.29 is 18.3 Å². The third kappa shape index (κ3) is 4.58. The number of rotatable bonds is 7. The number of benzene rings is 2. The molecule has 2 rings (SSSR count). The Morgan fingerprint density at radius 3 is 2.25 bits per heavy atom. The molecule has 5 nitrogen and oxygen atoms in total. The molecule has 0 radical (unpaired) electrons. The summed E-state index contributed by atoms with van der Waals surface area (Å²) in [6.45, 7) is 3.27. The molecule has 0 spiro atoms. The van der Waals surface area contributed by atoms with Crippen LogP contribution in [0.2, 0.25) is 0 Å². The van der Waals surface area contributed by atoms with Crippen molar-refractivity contribution in [1.29, 1.82) is 0 Å². The van der Waals surface area contributed by atoms with Gasteiger partial charge in [0.15, 0.2) is 0 Å². The molecule has 0 aliphatic heterocycles. The van der Waals surface area contributed by atoms with E-state index in [1.807, 2.05) is 12.1 Å². The molecule has 0 fully saturated rings. The fourth-order valence-corrected chi connectivity index (χ4v) is 2.94. The highest BCUT2D eigenvalue weighted by Gasteiger charge is 2.17. The Kier molecular flexibility index (Phi) is 5.62. The Morgan fingerprint density at radius 2 is 1.67 bits per heavy atom. The van der Waals surface area contributed by atoms with Gasteiger partial charge in [-0.15, -0.1) is 0 Å². The van der Waals surface area contributed by atoms with Crippen LogP contribution in [0.15, 0.2) is 48.5 Å². The quantitative estimate of drug-likeness (QED) is 0.805. The monoisotopic (exact) mass is 347 g/mol. The lowest BCUT2D eigenvalue weighted by Crippen LogP contribution is -2.23. The maximum Gasteiger partial charge on any atom is 0.335 e. The second kappa shape index (κ2) is 7.49. The zero-order valence-electron chi connectivity index (χ0n) is 13.7. The van der Waals surface area contributed by atoms with Crippen molar-refractivity contribution in [3.8, 4) is 0 Å². The molecular weight excluding hydrogens is 326 g/mol. The highest BCUT2D eigenvalue weighted by molar-refractivity contribution is 7.93. The Bertz CT molecular complexity index is 811. The van der Waals surface area contributed by atoms with E-state index in [0.717, 1.165) is 11.1 Å².